The normalized spacial score (nSPS) is 11.9. The molecular formula is C15H14BrClN2O. The van der Waals surface area contributed by atoms with Crippen molar-refractivity contribution in [3.05, 3.63) is 63.1 Å². The number of nitrogens with two attached hydrogens (primary N) is 1. The molecule has 104 valence electrons. The van der Waals surface area contributed by atoms with Crippen LogP contribution in [0.4, 0.5) is 5.69 Å². The monoisotopic (exact) mass is 352 g/mol. The van der Waals surface area contributed by atoms with E-state index >= 15 is 0 Å². The van der Waals surface area contributed by atoms with E-state index in [9.17, 15) is 4.79 Å². The molecule has 0 aliphatic carbocycles. The highest BCUT2D eigenvalue weighted by molar-refractivity contribution is 9.10. The zero-order chi connectivity index (χ0) is 14.7. The first kappa shape index (κ1) is 14.9. The molecule has 2 rings (SSSR count). The van der Waals surface area contributed by atoms with Crippen LogP contribution in [0.25, 0.3) is 0 Å². The van der Waals surface area contributed by atoms with Crippen LogP contribution >= 0.6 is 27.5 Å². The van der Waals surface area contributed by atoms with E-state index in [2.05, 4.69) is 21.2 Å². The van der Waals surface area contributed by atoms with Crippen molar-refractivity contribution in [2.24, 2.45) is 0 Å². The Hall–Kier alpha value is -1.52. The Morgan fingerprint density at radius 2 is 1.90 bits per heavy atom. The van der Waals surface area contributed by atoms with Crippen molar-refractivity contribution < 1.29 is 4.79 Å². The van der Waals surface area contributed by atoms with Gasteiger partial charge in [-0.1, -0.05) is 39.7 Å². The Balaban J connectivity index is 2.15. The van der Waals surface area contributed by atoms with E-state index in [1.54, 1.807) is 30.3 Å². The quantitative estimate of drug-likeness (QED) is 0.813. The molecule has 1 atom stereocenters. The summed E-state index contributed by atoms with van der Waals surface area (Å²) in [4.78, 5) is 12.2. The van der Waals surface area contributed by atoms with E-state index in [-0.39, 0.29) is 11.9 Å². The van der Waals surface area contributed by atoms with Gasteiger partial charge in [-0.05, 0) is 42.8 Å². The van der Waals surface area contributed by atoms with Crippen LogP contribution < -0.4 is 11.1 Å². The molecule has 0 bridgehead atoms. The van der Waals surface area contributed by atoms with Gasteiger partial charge in [0.25, 0.3) is 5.91 Å². The summed E-state index contributed by atoms with van der Waals surface area (Å²) in [7, 11) is 0. The maximum absolute atomic E-state index is 12.2. The number of nitrogen functional groups attached to an aromatic ring is 1. The molecule has 3 nitrogen and oxygen atoms in total. The highest BCUT2D eigenvalue weighted by Gasteiger charge is 2.14. The third kappa shape index (κ3) is 3.52. The summed E-state index contributed by atoms with van der Waals surface area (Å²) in [5.41, 5.74) is 7.72. The van der Waals surface area contributed by atoms with E-state index in [1.165, 1.54) is 0 Å². The molecule has 0 aliphatic heterocycles. The molecule has 1 amide bonds. The summed E-state index contributed by atoms with van der Waals surface area (Å²) in [5, 5.41) is 3.59. The molecule has 0 spiro atoms. The molecule has 0 unspecified atom stereocenters. The van der Waals surface area contributed by atoms with Crippen LogP contribution in [-0.4, -0.2) is 5.91 Å². The summed E-state index contributed by atoms with van der Waals surface area (Å²) < 4.78 is 0.816. The Kier molecular flexibility index (Phi) is 4.68. The number of carbonyl (C=O) groups is 1. The Morgan fingerprint density at radius 3 is 2.55 bits per heavy atom. The van der Waals surface area contributed by atoms with Gasteiger partial charge < -0.3 is 11.1 Å². The molecule has 2 aromatic rings. The molecule has 3 N–H and O–H groups in total. The van der Waals surface area contributed by atoms with Crippen LogP contribution in [-0.2, 0) is 0 Å². The smallest absolute Gasteiger partial charge is 0.253 e. The molecule has 0 heterocycles. The number of benzene rings is 2. The zero-order valence-electron chi connectivity index (χ0n) is 10.9. The standard InChI is InChI=1S/C15H14BrClN2O/c1-9(10-2-5-12(17)6-3-10)19-15(20)13-8-11(16)4-7-14(13)18/h2-9H,18H2,1H3,(H,19,20)/t9-/m1/s1. The number of anilines is 1. The number of rotatable bonds is 3. The second-order valence-electron chi connectivity index (χ2n) is 4.48. The molecule has 0 aromatic heterocycles. The summed E-state index contributed by atoms with van der Waals surface area (Å²) in [6.07, 6.45) is 0. The lowest BCUT2D eigenvalue weighted by Crippen LogP contribution is -2.27. The number of hydrogen-bond acceptors (Lipinski definition) is 2. The molecule has 0 fully saturated rings. The van der Waals surface area contributed by atoms with Gasteiger partial charge in [-0.2, -0.15) is 0 Å². The first-order valence-corrected chi connectivity index (χ1v) is 7.26. The zero-order valence-corrected chi connectivity index (χ0v) is 13.2. The fraction of sp³-hybridized carbons (Fsp3) is 0.133. The van der Waals surface area contributed by atoms with Gasteiger partial charge in [0.2, 0.25) is 0 Å². The summed E-state index contributed by atoms with van der Waals surface area (Å²) in [6, 6.07) is 12.5. The molecular weight excluding hydrogens is 340 g/mol. The van der Waals surface area contributed by atoms with Gasteiger partial charge in [0.15, 0.2) is 0 Å². The molecule has 20 heavy (non-hydrogen) atoms. The highest BCUT2D eigenvalue weighted by Crippen LogP contribution is 2.20. The topological polar surface area (TPSA) is 55.1 Å². The average Bonchev–Trinajstić information content (AvgIpc) is 2.42. The van der Waals surface area contributed by atoms with E-state index < -0.39 is 0 Å². The predicted octanol–water partition coefficient (Wildman–Crippen LogP) is 4.18. The van der Waals surface area contributed by atoms with Gasteiger partial charge in [-0.3, -0.25) is 4.79 Å². The van der Waals surface area contributed by atoms with E-state index in [0.717, 1.165) is 10.0 Å². The van der Waals surface area contributed by atoms with Gasteiger partial charge in [-0.15, -0.1) is 0 Å². The highest BCUT2D eigenvalue weighted by atomic mass is 79.9. The van der Waals surface area contributed by atoms with Crippen molar-refractivity contribution in [3.8, 4) is 0 Å². The van der Waals surface area contributed by atoms with Gasteiger partial charge >= 0.3 is 0 Å². The molecule has 2 aromatic carbocycles. The maximum Gasteiger partial charge on any atom is 0.253 e. The fourth-order valence-corrected chi connectivity index (χ4v) is 2.32. The lowest BCUT2D eigenvalue weighted by Gasteiger charge is -2.15. The summed E-state index contributed by atoms with van der Waals surface area (Å²) in [5.74, 6) is -0.203. The van der Waals surface area contributed by atoms with Crippen LogP contribution in [0.15, 0.2) is 46.9 Å². The Labute approximate surface area is 131 Å². The maximum atomic E-state index is 12.2. The first-order chi connectivity index (χ1) is 9.47. The van der Waals surface area contributed by atoms with Gasteiger partial charge in [0.1, 0.15) is 0 Å². The summed E-state index contributed by atoms with van der Waals surface area (Å²) >= 11 is 9.18. The van der Waals surface area contributed by atoms with Crippen LogP contribution in [0, 0.1) is 0 Å². The van der Waals surface area contributed by atoms with Crippen LogP contribution in [0.3, 0.4) is 0 Å². The van der Waals surface area contributed by atoms with Crippen LogP contribution in [0.1, 0.15) is 28.9 Å². The number of nitrogens with one attached hydrogen (secondary N) is 1. The van der Waals surface area contributed by atoms with Gasteiger partial charge in [0.05, 0.1) is 11.6 Å². The second kappa shape index (κ2) is 6.29. The van der Waals surface area contributed by atoms with Crippen molar-refractivity contribution in [1.29, 1.82) is 0 Å². The number of carbonyl (C=O) groups excluding carboxylic acids is 1. The number of amides is 1. The summed E-state index contributed by atoms with van der Waals surface area (Å²) in [6.45, 7) is 1.91. The third-order valence-corrected chi connectivity index (χ3v) is 3.72. The first-order valence-electron chi connectivity index (χ1n) is 6.08. The average molecular weight is 354 g/mol. The largest absolute Gasteiger partial charge is 0.398 e. The lowest BCUT2D eigenvalue weighted by atomic mass is 10.1. The number of halogens is 2. The molecule has 5 heteroatoms. The molecule has 0 saturated carbocycles. The van der Waals surface area contributed by atoms with Gasteiger partial charge in [-0.25, -0.2) is 0 Å². The van der Waals surface area contributed by atoms with Crippen LogP contribution in [0.2, 0.25) is 5.02 Å². The lowest BCUT2D eigenvalue weighted by molar-refractivity contribution is 0.0940. The van der Waals surface area contributed by atoms with Crippen LogP contribution in [0.5, 0.6) is 0 Å². The molecule has 0 aliphatic rings. The van der Waals surface area contributed by atoms with E-state index in [0.29, 0.717) is 16.3 Å². The van der Waals surface area contributed by atoms with E-state index in [4.69, 9.17) is 17.3 Å². The number of hydrogen-bond donors (Lipinski definition) is 2. The SMILES string of the molecule is C[C@@H](NC(=O)c1cc(Br)ccc1N)c1ccc(Cl)cc1. The minimum Gasteiger partial charge on any atom is -0.398 e. The fourth-order valence-electron chi connectivity index (χ4n) is 1.83. The van der Waals surface area contributed by atoms with Crippen molar-refractivity contribution in [1.82, 2.24) is 5.32 Å². The minimum absolute atomic E-state index is 0.127. The Bertz CT molecular complexity index is 628. The predicted molar refractivity (Wildman–Crippen MR) is 85.9 cm³/mol. The van der Waals surface area contributed by atoms with E-state index in [1.807, 2.05) is 19.1 Å². The van der Waals surface area contributed by atoms with Crippen molar-refractivity contribution >= 4 is 39.1 Å². The van der Waals surface area contributed by atoms with Crippen molar-refractivity contribution in [3.63, 3.8) is 0 Å². The van der Waals surface area contributed by atoms with Crippen molar-refractivity contribution in [2.75, 3.05) is 5.73 Å². The van der Waals surface area contributed by atoms with Gasteiger partial charge in [0, 0.05) is 15.2 Å². The van der Waals surface area contributed by atoms with Crippen molar-refractivity contribution in [2.45, 2.75) is 13.0 Å². The Morgan fingerprint density at radius 1 is 1.25 bits per heavy atom. The molecule has 0 saturated heterocycles. The third-order valence-electron chi connectivity index (χ3n) is 2.98. The second-order valence-corrected chi connectivity index (χ2v) is 5.83. The molecule has 0 radical (unpaired) electrons. The minimum atomic E-state index is -0.203.